The van der Waals surface area contributed by atoms with Crippen LogP contribution >= 0.6 is 0 Å². The molecule has 0 radical (unpaired) electrons. The van der Waals surface area contributed by atoms with Crippen LogP contribution in [-0.2, 0) is 11.3 Å². The third kappa shape index (κ3) is 3.63. The second kappa shape index (κ2) is 6.01. The highest BCUT2D eigenvalue weighted by molar-refractivity contribution is 5.66. The molecular weight excluding hydrogens is 272 g/mol. The van der Waals surface area contributed by atoms with E-state index in [1.54, 1.807) is 6.20 Å². The molecule has 0 saturated heterocycles. The Hall–Kier alpha value is -2.28. The fourth-order valence-corrected chi connectivity index (χ4v) is 2.16. The minimum atomic E-state index is -0.791. The number of rotatable bonds is 7. The third-order valence-corrected chi connectivity index (χ3v) is 3.38. The van der Waals surface area contributed by atoms with Crippen LogP contribution in [0.2, 0.25) is 0 Å². The van der Waals surface area contributed by atoms with E-state index in [4.69, 9.17) is 9.63 Å². The molecule has 1 N–H and O–H groups in total. The quantitative estimate of drug-likeness (QED) is 0.826. The number of aliphatic carboxylic acids is 1. The third-order valence-electron chi connectivity index (χ3n) is 3.38. The van der Waals surface area contributed by atoms with Crippen molar-refractivity contribution in [2.24, 2.45) is 0 Å². The molecule has 110 valence electrons. The summed E-state index contributed by atoms with van der Waals surface area (Å²) in [5, 5.41) is 12.7. The molecule has 0 unspecified atom stereocenters. The van der Waals surface area contributed by atoms with E-state index in [2.05, 4.69) is 20.0 Å². The minimum absolute atomic E-state index is 0.123. The van der Waals surface area contributed by atoms with Gasteiger partial charge in [0.1, 0.15) is 5.69 Å². The van der Waals surface area contributed by atoms with Crippen molar-refractivity contribution < 1.29 is 14.4 Å². The van der Waals surface area contributed by atoms with Gasteiger partial charge in [0, 0.05) is 18.8 Å². The largest absolute Gasteiger partial charge is 0.481 e. The summed E-state index contributed by atoms with van der Waals surface area (Å²) in [5.74, 6) is 0.160. The van der Waals surface area contributed by atoms with E-state index in [-0.39, 0.29) is 6.42 Å². The van der Waals surface area contributed by atoms with Gasteiger partial charge in [-0.15, -0.1) is 0 Å². The minimum Gasteiger partial charge on any atom is -0.481 e. The average molecular weight is 288 g/mol. The second-order valence-electron chi connectivity index (χ2n) is 5.07. The van der Waals surface area contributed by atoms with Gasteiger partial charge in [0.25, 0.3) is 0 Å². The van der Waals surface area contributed by atoms with Gasteiger partial charge in [-0.3, -0.25) is 14.7 Å². The number of carbonyl (C=O) groups is 1. The van der Waals surface area contributed by atoms with Gasteiger partial charge in [0.15, 0.2) is 0 Å². The van der Waals surface area contributed by atoms with E-state index in [0.717, 1.165) is 12.8 Å². The lowest BCUT2D eigenvalue weighted by Gasteiger charge is -2.18. The predicted octanol–water partition coefficient (Wildman–Crippen LogP) is 1.57. The Balaban J connectivity index is 1.66. The molecule has 2 aromatic heterocycles. The molecule has 1 fully saturated rings. The smallest absolute Gasteiger partial charge is 0.304 e. The zero-order valence-electron chi connectivity index (χ0n) is 11.5. The summed E-state index contributed by atoms with van der Waals surface area (Å²) in [5.41, 5.74) is 0.663. The second-order valence-corrected chi connectivity index (χ2v) is 5.07. The van der Waals surface area contributed by atoms with Gasteiger partial charge in [0.05, 0.1) is 13.0 Å². The fourth-order valence-electron chi connectivity index (χ4n) is 2.16. The standard InChI is InChI=1S/C14H16N4O3/c19-13(20)6-8-18(10-4-5-10)9-12-16-14(17-21-12)11-3-1-2-7-15-11/h1-3,7,10H,4-6,8-9H2,(H,19,20). The van der Waals surface area contributed by atoms with Crippen LogP contribution in [0.4, 0.5) is 0 Å². The van der Waals surface area contributed by atoms with Crippen LogP contribution < -0.4 is 0 Å². The van der Waals surface area contributed by atoms with Crippen molar-refractivity contribution in [1.29, 1.82) is 0 Å². The number of carboxylic acids is 1. The zero-order chi connectivity index (χ0) is 14.7. The topological polar surface area (TPSA) is 92.3 Å². The van der Waals surface area contributed by atoms with Crippen LogP contribution in [-0.4, -0.2) is 43.7 Å². The Morgan fingerprint density at radius 1 is 1.43 bits per heavy atom. The summed E-state index contributed by atoms with van der Waals surface area (Å²) in [6.45, 7) is 0.985. The fraction of sp³-hybridized carbons (Fsp3) is 0.429. The molecule has 21 heavy (non-hydrogen) atoms. The summed E-state index contributed by atoms with van der Waals surface area (Å²) < 4.78 is 5.24. The molecule has 1 aliphatic carbocycles. The first-order chi connectivity index (χ1) is 10.2. The maximum absolute atomic E-state index is 10.7. The number of nitrogens with zero attached hydrogens (tertiary/aromatic N) is 4. The SMILES string of the molecule is O=C(O)CCN(Cc1nc(-c2ccccn2)no1)C1CC1. The number of pyridine rings is 1. The number of hydrogen-bond acceptors (Lipinski definition) is 6. The van der Waals surface area contributed by atoms with Crippen molar-refractivity contribution in [3.63, 3.8) is 0 Å². The number of aromatic nitrogens is 3. The van der Waals surface area contributed by atoms with E-state index in [0.29, 0.717) is 36.5 Å². The Bertz CT molecular complexity index is 610. The van der Waals surface area contributed by atoms with E-state index in [1.165, 1.54) is 0 Å². The van der Waals surface area contributed by atoms with Crippen LogP contribution in [0.15, 0.2) is 28.9 Å². The summed E-state index contributed by atoms with van der Waals surface area (Å²) in [6, 6.07) is 5.94. The first-order valence-electron chi connectivity index (χ1n) is 6.92. The summed E-state index contributed by atoms with van der Waals surface area (Å²) >= 11 is 0. The molecule has 0 atom stereocenters. The van der Waals surface area contributed by atoms with E-state index < -0.39 is 5.97 Å². The monoisotopic (exact) mass is 288 g/mol. The molecular formula is C14H16N4O3. The van der Waals surface area contributed by atoms with Crippen LogP contribution in [0.3, 0.4) is 0 Å². The number of carboxylic acid groups (broad SMARTS) is 1. The van der Waals surface area contributed by atoms with Crippen LogP contribution in [0.1, 0.15) is 25.2 Å². The molecule has 0 bridgehead atoms. The zero-order valence-corrected chi connectivity index (χ0v) is 11.5. The molecule has 0 spiro atoms. The molecule has 0 aromatic carbocycles. The first-order valence-corrected chi connectivity index (χ1v) is 6.92. The molecule has 2 aromatic rings. The molecule has 0 aliphatic heterocycles. The van der Waals surface area contributed by atoms with Gasteiger partial charge in [-0.2, -0.15) is 4.98 Å². The van der Waals surface area contributed by atoms with Crippen molar-refractivity contribution in [3.05, 3.63) is 30.3 Å². The molecule has 1 saturated carbocycles. The van der Waals surface area contributed by atoms with Crippen LogP contribution in [0.5, 0.6) is 0 Å². The van der Waals surface area contributed by atoms with Crippen molar-refractivity contribution in [1.82, 2.24) is 20.0 Å². The van der Waals surface area contributed by atoms with Crippen molar-refractivity contribution >= 4 is 5.97 Å². The van der Waals surface area contributed by atoms with Gasteiger partial charge in [-0.05, 0) is 25.0 Å². The molecule has 0 amide bonds. The number of hydrogen-bond donors (Lipinski definition) is 1. The maximum atomic E-state index is 10.7. The molecule has 7 heteroatoms. The van der Waals surface area contributed by atoms with Crippen molar-refractivity contribution in [3.8, 4) is 11.5 Å². The molecule has 3 rings (SSSR count). The lowest BCUT2D eigenvalue weighted by Crippen LogP contribution is -2.28. The Kier molecular flexibility index (Phi) is 3.92. The molecule has 7 nitrogen and oxygen atoms in total. The van der Waals surface area contributed by atoms with Crippen molar-refractivity contribution in [2.75, 3.05) is 6.54 Å². The lowest BCUT2D eigenvalue weighted by atomic mass is 10.3. The summed E-state index contributed by atoms with van der Waals surface area (Å²) in [7, 11) is 0. The van der Waals surface area contributed by atoms with E-state index in [1.807, 2.05) is 18.2 Å². The predicted molar refractivity (Wildman–Crippen MR) is 73.2 cm³/mol. The average Bonchev–Trinajstić information content (AvgIpc) is 3.23. The lowest BCUT2D eigenvalue weighted by molar-refractivity contribution is -0.137. The van der Waals surface area contributed by atoms with Gasteiger partial charge in [-0.1, -0.05) is 11.2 Å². The highest BCUT2D eigenvalue weighted by atomic mass is 16.5. The Morgan fingerprint density at radius 2 is 2.29 bits per heavy atom. The Labute approximate surface area is 121 Å². The highest BCUT2D eigenvalue weighted by Gasteiger charge is 2.30. The summed E-state index contributed by atoms with van der Waals surface area (Å²) in [4.78, 5) is 21.3. The van der Waals surface area contributed by atoms with Gasteiger partial charge in [-0.25, -0.2) is 0 Å². The van der Waals surface area contributed by atoms with Gasteiger partial charge >= 0.3 is 5.97 Å². The van der Waals surface area contributed by atoms with Gasteiger partial charge < -0.3 is 9.63 Å². The van der Waals surface area contributed by atoms with Crippen molar-refractivity contribution in [2.45, 2.75) is 31.8 Å². The normalized spacial score (nSPS) is 14.5. The maximum Gasteiger partial charge on any atom is 0.304 e. The molecule has 1 aliphatic rings. The van der Waals surface area contributed by atoms with Crippen LogP contribution in [0, 0.1) is 0 Å². The highest BCUT2D eigenvalue weighted by Crippen LogP contribution is 2.28. The van der Waals surface area contributed by atoms with Crippen LogP contribution in [0.25, 0.3) is 11.5 Å². The first kappa shape index (κ1) is 13.7. The van der Waals surface area contributed by atoms with E-state index >= 15 is 0 Å². The summed E-state index contributed by atoms with van der Waals surface area (Å²) in [6.07, 6.45) is 3.99. The van der Waals surface area contributed by atoms with Gasteiger partial charge in [0.2, 0.25) is 11.7 Å². The Morgan fingerprint density at radius 3 is 2.95 bits per heavy atom. The van der Waals surface area contributed by atoms with E-state index in [9.17, 15) is 4.79 Å². The molecule has 2 heterocycles.